The number of nitrogens with one attached hydrogen (secondary N) is 2. The van der Waals surface area contributed by atoms with E-state index in [1.54, 1.807) is 60.5 Å². The molecule has 1 atom stereocenters. The van der Waals surface area contributed by atoms with Crippen LogP contribution in [0.4, 0.5) is 11.4 Å². The Morgan fingerprint density at radius 2 is 1.77 bits per heavy atom. The summed E-state index contributed by atoms with van der Waals surface area (Å²) in [7, 11) is 1.62. The summed E-state index contributed by atoms with van der Waals surface area (Å²) in [5.74, 6) is -0.667. The minimum absolute atomic E-state index is 0.0134. The van der Waals surface area contributed by atoms with Crippen molar-refractivity contribution >= 4 is 40.5 Å². The summed E-state index contributed by atoms with van der Waals surface area (Å²) in [6, 6.07) is 17.1. The molecule has 4 rings (SSSR count). The molecule has 10 heteroatoms. The Morgan fingerprint density at radius 3 is 2.39 bits per heavy atom. The van der Waals surface area contributed by atoms with Crippen molar-refractivity contribution in [1.82, 2.24) is 10.2 Å². The van der Waals surface area contributed by atoms with Crippen LogP contribution in [0.3, 0.4) is 0 Å². The fraction of sp³-hybridized carbons (Fsp3) is 0.190. The van der Waals surface area contributed by atoms with Gasteiger partial charge in [0.05, 0.1) is 12.1 Å². The molecule has 1 aliphatic heterocycles. The van der Waals surface area contributed by atoms with E-state index in [0.717, 1.165) is 0 Å². The number of benzene rings is 2. The first-order chi connectivity index (χ1) is 15.0. The molecule has 0 aliphatic carbocycles. The molecule has 158 valence electrons. The van der Waals surface area contributed by atoms with Crippen LogP contribution in [0.25, 0.3) is 0 Å². The normalized spacial score (nSPS) is 16.1. The van der Waals surface area contributed by atoms with Crippen LogP contribution in [-0.2, 0) is 23.2 Å². The third kappa shape index (κ3) is 4.10. The number of aryl methyl sites for hydroxylation is 1. The van der Waals surface area contributed by atoms with Crippen molar-refractivity contribution < 1.29 is 18.8 Å². The lowest BCUT2D eigenvalue weighted by molar-refractivity contribution is -0.746. The van der Waals surface area contributed by atoms with Crippen LogP contribution in [0.2, 0.25) is 0 Å². The van der Waals surface area contributed by atoms with Crippen molar-refractivity contribution in [2.24, 2.45) is 7.05 Å². The summed E-state index contributed by atoms with van der Waals surface area (Å²) < 4.78 is 6.23. The number of amides is 2. The molecule has 0 bridgehead atoms. The Morgan fingerprint density at radius 1 is 1.13 bits per heavy atom. The first kappa shape index (κ1) is 20.5. The number of anilines is 2. The number of para-hydroxylation sites is 2. The van der Waals surface area contributed by atoms with Gasteiger partial charge in [-0.05, 0) is 41.8 Å². The second-order valence-corrected chi connectivity index (χ2v) is 7.41. The zero-order valence-corrected chi connectivity index (χ0v) is 17.5. The van der Waals surface area contributed by atoms with Gasteiger partial charge < -0.3 is 10.2 Å². The van der Waals surface area contributed by atoms with Crippen molar-refractivity contribution in [2.75, 3.05) is 10.2 Å². The van der Waals surface area contributed by atoms with Crippen LogP contribution in [0.1, 0.15) is 12.1 Å². The monoisotopic (exact) mass is 438 g/mol. The minimum atomic E-state index is -0.870. The van der Waals surface area contributed by atoms with E-state index in [9.17, 15) is 14.4 Å². The molecule has 0 spiro atoms. The Labute approximate surface area is 182 Å². The zero-order valence-electron chi connectivity index (χ0n) is 16.6. The van der Waals surface area contributed by atoms with Gasteiger partial charge in [-0.3, -0.25) is 19.0 Å². The van der Waals surface area contributed by atoms with Gasteiger partial charge in [0.1, 0.15) is 12.6 Å². The van der Waals surface area contributed by atoms with Gasteiger partial charge in [0, 0.05) is 5.69 Å². The third-order valence-corrected chi connectivity index (χ3v) is 5.42. The van der Waals surface area contributed by atoms with E-state index < -0.39 is 11.7 Å². The van der Waals surface area contributed by atoms with E-state index in [4.69, 9.17) is 16.7 Å². The summed E-state index contributed by atoms with van der Waals surface area (Å²) >= 11 is 5.59. The van der Waals surface area contributed by atoms with E-state index in [1.807, 2.05) is 12.1 Å². The van der Waals surface area contributed by atoms with Crippen LogP contribution in [-0.4, -0.2) is 33.1 Å². The highest BCUT2D eigenvalue weighted by molar-refractivity contribution is 7.80. The molecule has 0 radical (unpaired) electrons. The highest BCUT2D eigenvalue weighted by atomic mass is 32.1. The molecule has 1 aliphatic rings. The molecule has 3 aromatic rings. The molecule has 1 aromatic heterocycles. The van der Waals surface area contributed by atoms with Gasteiger partial charge in [-0.1, -0.05) is 41.1 Å². The van der Waals surface area contributed by atoms with Crippen molar-refractivity contribution in [2.45, 2.75) is 19.0 Å². The molecule has 1 unspecified atom stereocenters. The second-order valence-electron chi connectivity index (χ2n) is 7.04. The topological polar surface area (TPSA) is 103 Å². The SMILES string of the molecule is C[n+]1[nH]oc(=O)c1CN1C(=S)N(c2ccccc2)C(=O)C1CC(=O)Nc1ccccc1. The lowest BCUT2D eigenvalue weighted by atomic mass is 10.1. The molecule has 2 amide bonds. The van der Waals surface area contributed by atoms with Gasteiger partial charge in [0.2, 0.25) is 5.91 Å². The minimum Gasteiger partial charge on any atom is -0.326 e. The molecule has 1 saturated heterocycles. The van der Waals surface area contributed by atoms with Gasteiger partial charge in [-0.2, -0.15) is 0 Å². The van der Waals surface area contributed by atoms with Crippen LogP contribution in [0, 0.1) is 0 Å². The number of carbonyl (C=O) groups excluding carboxylic acids is 2. The van der Waals surface area contributed by atoms with E-state index in [1.165, 1.54) is 9.58 Å². The Balaban J connectivity index is 1.63. The smallest absolute Gasteiger partial charge is 0.326 e. The lowest BCUT2D eigenvalue weighted by Crippen LogP contribution is -2.44. The Hall–Kier alpha value is -3.79. The van der Waals surface area contributed by atoms with Crippen LogP contribution >= 0.6 is 12.2 Å². The van der Waals surface area contributed by atoms with Crippen LogP contribution < -0.4 is 20.5 Å². The summed E-state index contributed by atoms with van der Waals surface area (Å²) in [4.78, 5) is 41.1. The molecular formula is C21H20N5O4S+. The number of aromatic amines is 1. The van der Waals surface area contributed by atoms with Crippen molar-refractivity contribution in [3.8, 4) is 0 Å². The van der Waals surface area contributed by atoms with Crippen molar-refractivity contribution in [3.05, 3.63) is 76.8 Å². The van der Waals surface area contributed by atoms with Crippen LogP contribution in [0.5, 0.6) is 0 Å². The summed E-state index contributed by atoms with van der Waals surface area (Å²) in [5, 5.41) is 5.46. The summed E-state index contributed by atoms with van der Waals surface area (Å²) in [6.45, 7) is 0.0134. The first-order valence-electron chi connectivity index (χ1n) is 9.56. The molecule has 2 N–H and O–H groups in total. The number of nitrogens with zero attached hydrogens (tertiary/aromatic N) is 3. The average molecular weight is 438 g/mol. The van der Waals surface area contributed by atoms with Gasteiger partial charge in [-0.25, -0.2) is 4.79 Å². The second kappa shape index (κ2) is 8.52. The largest absolute Gasteiger partial charge is 0.431 e. The number of thiocarbonyl (C=S) groups is 1. The Kier molecular flexibility index (Phi) is 5.63. The predicted octanol–water partition coefficient (Wildman–Crippen LogP) is 1.32. The highest BCUT2D eigenvalue weighted by Crippen LogP contribution is 2.28. The Bertz CT molecular complexity index is 1180. The average Bonchev–Trinajstić information content (AvgIpc) is 3.20. The molecular weight excluding hydrogens is 418 g/mol. The molecule has 31 heavy (non-hydrogen) atoms. The molecule has 2 aromatic carbocycles. The fourth-order valence-corrected chi connectivity index (χ4v) is 3.82. The van der Waals surface area contributed by atoms with Crippen molar-refractivity contribution in [1.29, 1.82) is 0 Å². The molecule has 2 heterocycles. The van der Waals surface area contributed by atoms with E-state index in [-0.39, 0.29) is 35.6 Å². The van der Waals surface area contributed by atoms with Gasteiger partial charge in [0.15, 0.2) is 12.2 Å². The zero-order chi connectivity index (χ0) is 22.0. The van der Waals surface area contributed by atoms with Crippen LogP contribution in [0.15, 0.2) is 70.0 Å². The number of rotatable bonds is 6. The number of hydrogen-bond acceptors (Lipinski definition) is 5. The standard InChI is InChI=1S/C21H19N5O4S/c1-24-17(20(29)30-23-24)13-25-16(12-18(27)22-14-8-4-2-5-9-14)19(28)26(21(25)31)15-10-6-3-7-11-15/h2-11,16H,12-13H2,1H3,(H-,22,23,27,29)/p+1. The molecule has 1 fully saturated rings. The van der Waals surface area contributed by atoms with E-state index in [0.29, 0.717) is 11.4 Å². The van der Waals surface area contributed by atoms with E-state index in [2.05, 4.69) is 10.6 Å². The maximum Gasteiger partial charge on any atom is 0.431 e. The van der Waals surface area contributed by atoms with Crippen molar-refractivity contribution in [3.63, 3.8) is 0 Å². The maximum atomic E-state index is 13.3. The van der Waals surface area contributed by atoms with E-state index >= 15 is 0 Å². The van der Waals surface area contributed by atoms with Gasteiger partial charge in [0.25, 0.3) is 5.91 Å². The fourth-order valence-electron chi connectivity index (χ4n) is 3.43. The first-order valence-corrected chi connectivity index (χ1v) is 9.97. The number of H-pyrrole nitrogens is 1. The highest BCUT2D eigenvalue weighted by Gasteiger charge is 2.45. The quantitative estimate of drug-likeness (QED) is 0.445. The van der Waals surface area contributed by atoms with Gasteiger partial charge >= 0.3 is 11.3 Å². The number of hydrogen-bond donors (Lipinski definition) is 2. The predicted molar refractivity (Wildman–Crippen MR) is 116 cm³/mol. The lowest BCUT2D eigenvalue weighted by Gasteiger charge is -2.21. The maximum absolute atomic E-state index is 13.3. The summed E-state index contributed by atoms with van der Waals surface area (Å²) in [5.41, 5.74) is 0.936. The number of carbonyl (C=O) groups is 2. The number of aromatic nitrogens is 2. The summed E-state index contributed by atoms with van der Waals surface area (Å²) in [6.07, 6.45) is -0.128. The molecule has 9 nitrogen and oxygen atoms in total. The third-order valence-electron chi connectivity index (χ3n) is 5.01. The molecule has 0 saturated carbocycles. The van der Waals surface area contributed by atoms with Gasteiger partial charge in [-0.15, -0.1) is 0 Å².